The van der Waals surface area contributed by atoms with E-state index in [1.807, 2.05) is 0 Å². The molecule has 1 aromatic carbocycles. The molecule has 0 amide bonds. The molecule has 0 aliphatic carbocycles. The highest BCUT2D eigenvalue weighted by Crippen LogP contribution is 2.38. The van der Waals surface area contributed by atoms with Crippen molar-refractivity contribution in [1.29, 1.82) is 0 Å². The van der Waals surface area contributed by atoms with Crippen molar-refractivity contribution >= 4 is 17.8 Å². The summed E-state index contributed by atoms with van der Waals surface area (Å²) in [4.78, 5) is 11.0. The predicted octanol–water partition coefficient (Wildman–Crippen LogP) is 3.24. The smallest absolute Gasteiger partial charge is 0.415 e. The molecule has 1 heterocycles. The van der Waals surface area contributed by atoms with Crippen LogP contribution >= 0.6 is 11.6 Å². The molecule has 2 rings (SSSR count). The third-order valence-electron chi connectivity index (χ3n) is 2.42. The molecule has 1 saturated heterocycles. The molecule has 1 unspecified atom stereocenters. The molecule has 15 heavy (non-hydrogen) atoms. The molecule has 0 aromatic heterocycles. The van der Waals surface area contributed by atoms with Gasteiger partial charge in [0.05, 0.1) is 0 Å². The van der Waals surface area contributed by atoms with Crippen molar-refractivity contribution in [3.8, 4) is 0 Å². The van der Waals surface area contributed by atoms with Crippen molar-refractivity contribution in [2.45, 2.75) is 12.5 Å². The van der Waals surface area contributed by atoms with Crippen LogP contribution in [0.3, 0.4) is 0 Å². The Morgan fingerprint density at radius 2 is 1.93 bits per heavy atom. The Bertz CT molecular complexity index is 424. The zero-order chi connectivity index (χ0) is 11.1. The quantitative estimate of drug-likeness (QED) is 0.687. The lowest BCUT2D eigenvalue weighted by molar-refractivity contribution is 0.0756. The third-order valence-corrected chi connectivity index (χ3v) is 2.67. The van der Waals surface area contributed by atoms with E-state index in [-0.39, 0.29) is 5.76 Å². The van der Waals surface area contributed by atoms with Gasteiger partial charge < -0.3 is 9.47 Å². The second kappa shape index (κ2) is 3.28. The number of ether oxygens (including phenoxy) is 2. The van der Waals surface area contributed by atoms with Crippen LogP contribution in [0.15, 0.2) is 36.6 Å². The number of carbonyl (C=O) groups is 1. The summed E-state index contributed by atoms with van der Waals surface area (Å²) >= 11 is 5.77. The van der Waals surface area contributed by atoms with E-state index < -0.39 is 11.8 Å². The van der Waals surface area contributed by atoms with Crippen LogP contribution in [0.2, 0.25) is 5.02 Å². The maximum absolute atomic E-state index is 11.0. The van der Waals surface area contributed by atoms with Crippen LogP contribution in [0, 0.1) is 0 Å². The van der Waals surface area contributed by atoms with Gasteiger partial charge in [-0.25, -0.2) is 4.79 Å². The summed E-state index contributed by atoms with van der Waals surface area (Å²) in [5.41, 5.74) is -0.135. The van der Waals surface area contributed by atoms with Crippen molar-refractivity contribution in [2.75, 3.05) is 0 Å². The molecular weight excluding hydrogens is 216 g/mol. The van der Waals surface area contributed by atoms with Gasteiger partial charge in [-0.3, -0.25) is 0 Å². The van der Waals surface area contributed by atoms with Crippen LogP contribution in [0.25, 0.3) is 0 Å². The monoisotopic (exact) mass is 224 g/mol. The Hall–Kier alpha value is -1.48. The first-order chi connectivity index (χ1) is 7.02. The zero-order valence-corrected chi connectivity index (χ0v) is 8.88. The molecule has 1 aromatic rings. The summed E-state index contributed by atoms with van der Waals surface area (Å²) in [7, 11) is 0. The minimum atomic E-state index is -0.915. The van der Waals surface area contributed by atoms with Gasteiger partial charge in [0, 0.05) is 10.6 Å². The van der Waals surface area contributed by atoms with Gasteiger partial charge in [0.25, 0.3) is 0 Å². The van der Waals surface area contributed by atoms with Crippen LogP contribution in [-0.2, 0) is 15.1 Å². The lowest BCUT2D eigenvalue weighted by Crippen LogP contribution is -2.22. The summed E-state index contributed by atoms with van der Waals surface area (Å²) in [5.74, 6) is 0.287. The van der Waals surface area contributed by atoms with E-state index in [9.17, 15) is 4.79 Å². The summed E-state index contributed by atoms with van der Waals surface area (Å²) in [6.45, 7) is 5.38. The van der Waals surface area contributed by atoms with Gasteiger partial charge in [-0.1, -0.05) is 30.3 Å². The highest BCUT2D eigenvalue weighted by atomic mass is 35.5. The van der Waals surface area contributed by atoms with Gasteiger partial charge in [0.1, 0.15) is 0 Å². The molecule has 78 valence electrons. The minimum Gasteiger partial charge on any atom is -0.415 e. The van der Waals surface area contributed by atoms with E-state index in [1.54, 1.807) is 31.2 Å². The number of rotatable bonds is 1. The lowest BCUT2D eigenvalue weighted by atomic mass is 9.95. The average molecular weight is 225 g/mol. The molecule has 0 saturated carbocycles. The molecule has 0 spiro atoms. The van der Waals surface area contributed by atoms with Gasteiger partial charge in [-0.2, -0.15) is 0 Å². The fraction of sp³-hybridized carbons (Fsp3) is 0.182. The first-order valence-corrected chi connectivity index (χ1v) is 4.76. The fourth-order valence-corrected chi connectivity index (χ4v) is 1.56. The third kappa shape index (κ3) is 1.59. The number of cyclic esters (lactones) is 2. The summed E-state index contributed by atoms with van der Waals surface area (Å²) < 4.78 is 9.86. The van der Waals surface area contributed by atoms with Crippen molar-refractivity contribution in [3.63, 3.8) is 0 Å². The van der Waals surface area contributed by atoms with Gasteiger partial charge in [0.2, 0.25) is 0 Å². The van der Waals surface area contributed by atoms with Gasteiger partial charge >= 0.3 is 6.16 Å². The highest BCUT2D eigenvalue weighted by Gasteiger charge is 2.43. The standard InChI is InChI=1S/C11H9ClO3/c1-7-11(2,15-10(13)14-7)8-3-5-9(12)6-4-8/h3-6H,1H2,2H3. The fourth-order valence-electron chi connectivity index (χ4n) is 1.43. The number of hydrogen-bond acceptors (Lipinski definition) is 3. The van der Waals surface area contributed by atoms with E-state index in [2.05, 4.69) is 6.58 Å². The molecular formula is C11H9ClO3. The normalized spacial score (nSPS) is 24.9. The summed E-state index contributed by atoms with van der Waals surface area (Å²) in [6.07, 6.45) is -0.725. The van der Waals surface area contributed by atoms with Crippen LogP contribution in [0.4, 0.5) is 4.79 Å². The van der Waals surface area contributed by atoms with Gasteiger partial charge in [-0.15, -0.1) is 0 Å². The second-order valence-corrected chi connectivity index (χ2v) is 3.85. The van der Waals surface area contributed by atoms with E-state index in [4.69, 9.17) is 21.1 Å². The van der Waals surface area contributed by atoms with E-state index in [0.717, 1.165) is 5.56 Å². The van der Waals surface area contributed by atoms with Crippen LogP contribution in [-0.4, -0.2) is 6.16 Å². The first-order valence-electron chi connectivity index (χ1n) is 4.38. The average Bonchev–Trinajstić information content (AvgIpc) is 2.42. The van der Waals surface area contributed by atoms with Crippen LogP contribution in [0.1, 0.15) is 12.5 Å². The van der Waals surface area contributed by atoms with Gasteiger partial charge in [-0.05, 0) is 19.1 Å². The van der Waals surface area contributed by atoms with Crippen molar-refractivity contribution < 1.29 is 14.3 Å². The van der Waals surface area contributed by atoms with Crippen molar-refractivity contribution in [1.82, 2.24) is 0 Å². The molecule has 3 nitrogen and oxygen atoms in total. The number of benzene rings is 1. The minimum absolute atomic E-state index is 0.287. The Morgan fingerprint density at radius 3 is 2.40 bits per heavy atom. The SMILES string of the molecule is C=C1OC(=O)OC1(C)c1ccc(Cl)cc1. The Kier molecular flexibility index (Phi) is 2.20. The molecule has 0 N–H and O–H groups in total. The molecule has 1 aliphatic rings. The highest BCUT2D eigenvalue weighted by molar-refractivity contribution is 6.30. The topological polar surface area (TPSA) is 35.5 Å². The zero-order valence-electron chi connectivity index (χ0n) is 8.12. The van der Waals surface area contributed by atoms with Gasteiger partial charge in [0.15, 0.2) is 11.4 Å². The van der Waals surface area contributed by atoms with E-state index in [0.29, 0.717) is 5.02 Å². The molecule has 1 fully saturated rings. The largest absolute Gasteiger partial charge is 0.515 e. The summed E-state index contributed by atoms with van der Waals surface area (Å²) in [6, 6.07) is 6.99. The van der Waals surface area contributed by atoms with Crippen LogP contribution in [0.5, 0.6) is 0 Å². The van der Waals surface area contributed by atoms with Crippen LogP contribution < -0.4 is 0 Å². The van der Waals surface area contributed by atoms with E-state index in [1.165, 1.54) is 0 Å². The Balaban J connectivity index is 2.41. The lowest BCUT2D eigenvalue weighted by Gasteiger charge is -2.20. The second-order valence-electron chi connectivity index (χ2n) is 3.42. The van der Waals surface area contributed by atoms with Crippen molar-refractivity contribution in [2.24, 2.45) is 0 Å². The number of halogens is 1. The molecule has 1 atom stereocenters. The summed E-state index contributed by atoms with van der Waals surface area (Å²) in [5, 5.41) is 0.623. The Labute approximate surface area is 92.3 Å². The Morgan fingerprint density at radius 1 is 1.33 bits per heavy atom. The number of carbonyl (C=O) groups excluding carboxylic acids is 1. The number of hydrogen-bond donors (Lipinski definition) is 0. The molecule has 4 heteroatoms. The van der Waals surface area contributed by atoms with E-state index >= 15 is 0 Å². The van der Waals surface area contributed by atoms with Crippen molar-refractivity contribution in [3.05, 3.63) is 47.2 Å². The molecule has 0 radical (unpaired) electrons. The molecule has 1 aliphatic heterocycles. The molecule has 0 bridgehead atoms. The maximum atomic E-state index is 11.0. The first kappa shape index (κ1) is 10.1. The maximum Gasteiger partial charge on any atom is 0.515 e. The predicted molar refractivity (Wildman–Crippen MR) is 55.5 cm³/mol.